The third-order valence-electron chi connectivity index (χ3n) is 0. The van der Waals surface area contributed by atoms with E-state index in [-0.39, 0.29) is 48.9 Å². The number of nitrogens with zero attached hydrogens (tertiary/aromatic N) is 2. The van der Waals surface area contributed by atoms with E-state index in [9.17, 15) is 0 Å². The number of nitrogens with two attached hydrogens (primary N) is 2. The fourth-order valence-corrected chi connectivity index (χ4v) is 0. The first-order valence-corrected chi connectivity index (χ1v) is 2.49. The van der Waals surface area contributed by atoms with Crippen LogP contribution in [0.5, 0.6) is 0 Å². The maximum absolute atomic E-state index is 8.25. The van der Waals surface area contributed by atoms with Gasteiger partial charge in [0.25, 0.3) is 0 Å². The van der Waals surface area contributed by atoms with Crippen LogP contribution in [0.4, 0.5) is 0 Å². The molecule has 0 aromatic carbocycles. The third-order valence-corrected chi connectivity index (χ3v) is 0. The molecule has 0 aromatic heterocycles. The summed E-state index contributed by atoms with van der Waals surface area (Å²) in [5.41, 5.74) is 1.22. The molecule has 4 N–H and O–H groups in total. The third kappa shape index (κ3) is 230000. The molecule has 0 aliphatic rings. The van der Waals surface area contributed by atoms with E-state index < -0.39 is 10.2 Å². The fraction of sp³-hybridized carbons (Fsp3) is 0. The van der Waals surface area contributed by atoms with E-state index in [0.29, 0.717) is 0 Å². The Labute approximate surface area is 124 Å². The Bertz CT molecular complexity index is 115. The molecule has 14 heavy (non-hydrogen) atoms. The summed E-state index contributed by atoms with van der Waals surface area (Å²) in [5.74, 6) is 8.00. The maximum Gasteiger partial charge on any atom is 2.00 e. The van der Waals surface area contributed by atoms with Gasteiger partial charge >= 0.3 is 48.9 Å². The van der Waals surface area contributed by atoms with Crippen LogP contribution in [0.3, 0.4) is 0 Å². The molecule has 0 bridgehead atoms. The molecule has 80 valence electrons. The molecule has 0 aliphatic heterocycles. The Balaban J connectivity index is -0.0000000260. The molecular formula is C2H7BaClN4O6. The molecule has 0 fully saturated rings. The second kappa shape index (κ2) is 38.3. The number of rotatable bonds is 0. The molecule has 0 aliphatic carbocycles. The van der Waals surface area contributed by atoms with E-state index in [0.717, 1.165) is 0 Å². The number of halogens is 1. The van der Waals surface area contributed by atoms with E-state index in [1.54, 1.807) is 0 Å². The van der Waals surface area contributed by atoms with Crippen LogP contribution >= 0.6 is 11.6 Å². The summed E-state index contributed by atoms with van der Waals surface area (Å²) in [6.07, 6.45) is 0. The standard InChI is InChI=1S/C2H3Cl.Ba.H4N2.2NO3/c1-2-3;;1-2;2*2-1(3)4/h2H,1H2;;1-2H2;;/q;+2;;2*-1. The van der Waals surface area contributed by atoms with Crippen LogP contribution < -0.4 is 11.7 Å². The topological polar surface area (TPSA) is 184 Å². The van der Waals surface area contributed by atoms with E-state index in [2.05, 4.69) is 18.3 Å². The van der Waals surface area contributed by atoms with Crippen LogP contribution in [-0.4, -0.2) is 59.1 Å². The SMILES string of the molecule is C=CCl.NN.O=[N+]([O-])[O-].O=[N+]([O-])[O-].[Ba+2]. The van der Waals surface area contributed by atoms with Gasteiger partial charge in [0.05, 0.1) is 10.2 Å². The van der Waals surface area contributed by atoms with E-state index in [1.165, 1.54) is 5.54 Å². The van der Waals surface area contributed by atoms with Crippen LogP contribution in [0.15, 0.2) is 12.1 Å². The van der Waals surface area contributed by atoms with Crippen LogP contribution in [-0.2, 0) is 0 Å². The van der Waals surface area contributed by atoms with Crippen molar-refractivity contribution in [2.45, 2.75) is 0 Å². The Morgan fingerprint density at radius 3 is 1.07 bits per heavy atom. The first kappa shape index (κ1) is 29.2. The van der Waals surface area contributed by atoms with Gasteiger partial charge in [-0.25, -0.2) is 0 Å². The van der Waals surface area contributed by atoms with Crippen molar-refractivity contribution in [2.75, 3.05) is 0 Å². The molecule has 0 unspecified atom stereocenters. The number of hydrogen-bond donors (Lipinski definition) is 2. The Morgan fingerprint density at radius 1 is 1.07 bits per heavy atom. The van der Waals surface area contributed by atoms with Gasteiger partial charge in [-0.3, -0.25) is 11.7 Å². The molecule has 0 radical (unpaired) electrons. The fourth-order valence-electron chi connectivity index (χ4n) is 0. The van der Waals surface area contributed by atoms with E-state index in [4.69, 9.17) is 42.2 Å². The summed E-state index contributed by atoms with van der Waals surface area (Å²) in [6.45, 7) is 3.13. The molecule has 0 aromatic rings. The zero-order chi connectivity index (χ0) is 11.9. The van der Waals surface area contributed by atoms with Gasteiger partial charge in [-0.05, 0) is 5.54 Å². The van der Waals surface area contributed by atoms with Crippen molar-refractivity contribution in [2.24, 2.45) is 11.7 Å². The number of hydrogen-bond acceptors (Lipinski definition) is 8. The predicted octanol–water partition coefficient (Wildman–Crippen LogP) is -0.671. The van der Waals surface area contributed by atoms with Crippen LogP contribution in [0, 0.1) is 30.6 Å². The van der Waals surface area contributed by atoms with E-state index in [1.807, 2.05) is 0 Å². The first-order chi connectivity index (χ1) is 5.88. The largest absolute Gasteiger partial charge is 2.00 e. The van der Waals surface area contributed by atoms with Crippen molar-refractivity contribution >= 4 is 60.5 Å². The first-order valence-electron chi connectivity index (χ1n) is 2.06. The summed E-state index contributed by atoms with van der Waals surface area (Å²) in [7, 11) is 0. The van der Waals surface area contributed by atoms with Crippen LogP contribution in [0.25, 0.3) is 0 Å². The minimum Gasteiger partial charge on any atom is -0.356 e. The summed E-state index contributed by atoms with van der Waals surface area (Å²) in [6, 6.07) is 0. The van der Waals surface area contributed by atoms with Gasteiger partial charge in [0.2, 0.25) is 0 Å². The Kier molecular flexibility index (Phi) is 80.0. The van der Waals surface area contributed by atoms with Gasteiger partial charge in [-0.2, -0.15) is 0 Å². The molecule has 0 heterocycles. The van der Waals surface area contributed by atoms with Gasteiger partial charge in [0.1, 0.15) is 0 Å². The number of hydrazine groups is 1. The molecule has 0 spiro atoms. The molecule has 12 heteroatoms. The average Bonchev–Trinajstić information content (AvgIpc) is 1.89. The van der Waals surface area contributed by atoms with Gasteiger partial charge in [-0.1, -0.05) is 18.2 Å². The summed E-state index contributed by atoms with van der Waals surface area (Å²) in [5, 5.41) is 29.5. The van der Waals surface area contributed by atoms with Gasteiger partial charge in [0.15, 0.2) is 0 Å². The predicted molar refractivity (Wildman–Crippen MR) is 50.9 cm³/mol. The quantitative estimate of drug-likeness (QED) is 0.248. The zero-order valence-electron chi connectivity index (χ0n) is 6.87. The molecule has 0 amide bonds. The van der Waals surface area contributed by atoms with Gasteiger partial charge in [-0.15, -0.1) is 0 Å². The summed E-state index contributed by atoms with van der Waals surface area (Å²) in [4.78, 5) is 16.5. The van der Waals surface area contributed by atoms with Crippen molar-refractivity contribution in [3.8, 4) is 0 Å². The smallest absolute Gasteiger partial charge is 0.356 e. The van der Waals surface area contributed by atoms with Crippen LogP contribution in [0.1, 0.15) is 0 Å². The normalized spacial score (nSPS) is 4.79. The minimum absolute atomic E-state index is 0. The summed E-state index contributed by atoms with van der Waals surface area (Å²) >= 11 is 4.76. The molecule has 0 saturated heterocycles. The van der Waals surface area contributed by atoms with Crippen molar-refractivity contribution < 1.29 is 10.2 Å². The Morgan fingerprint density at radius 2 is 1.07 bits per heavy atom. The van der Waals surface area contributed by atoms with Gasteiger partial charge in [0, 0.05) is 0 Å². The molecule has 0 atom stereocenters. The van der Waals surface area contributed by atoms with Crippen molar-refractivity contribution in [3.05, 3.63) is 42.8 Å². The second-order valence-corrected chi connectivity index (χ2v) is 0.910. The van der Waals surface area contributed by atoms with Crippen LogP contribution in [0.2, 0.25) is 0 Å². The maximum atomic E-state index is 8.25. The molecule has 0 rings (SSSR count). The molecule has 0 saturated carbocycles. The zero-order valence-corrected chi connectivity index (χ0v) is 12.1. The average molecular weight is 356 g/mol. The van der Waals surface area contributed by atoms with Crippen molar-refractivity contribution in [1.29, 1.82) is 0 Å². The monoisotopic (exact) mass is 356 g/mol. The minimum atomic E-state index is -1.75. The molecular weight excluding hydrogens is 349 g/mol. The summed E-state index contributed by atoms with van der Waals surface area (Å²) < 4.78 is 0. The van der Waals surface area contributed by atoms with E-state index >= 15 is 0 Å². The van der Waals surface area contributed by atoms with Crippen molar-refractivity contribution in [3.63, 3.8) is 0 Å². The second-order valence-electron chi connectivity index (χ2n) is 0.602. The molecule has 10 nitrogen and oxygen atoms in total. The van der Waals surface area contributed by atoms with Crippen molar-refractivity contribution in [1.82, 2.24) is 0 Å². The Hall–Kier alpha value is -0.0786. The van der Waals surface area contributed by atoms with Gasteiger partial charge < -0.3 is 30.6 Å².